The van der Waals surface area contributed by atoms with Crippen molar-refractivity contribution in [3.8, 4) is 0 Å². The molecule has 0 unspecified atom stereocenters. The highest BCUT2D eigenvalue weighted by molar-refractivity contribution is 7.89. The van der Waals surface area contributed by atoms with E-state index < -0.39 is 10.0 Å². The van der Waals surface area contributed by atoms with Crippen LogP contribution in [0.5, 0.6) is 0 Å². The van der Waals surface area contributed by atoms with Gasteiger partial charge in [-0.1, -0.05) is 31.5 Å². The number of imidazole rings is 1. The molecule has 0 amide bonds. The van der Waals surface area contributed by atoms with E-state index in [1.54, 1.807) is 27.6 Å². The molecule has 3 aromatic rings. The topological polar surface area (TPSA) is 102 Å². The fourth-order valence-electron chi connectivity index (χ4n) is 4.31. The lowest BCUT2D eigenvalue weighted by molar-refractivity contribution is 0.183. The molecule has 0 spiro atoms. The molecular weight excluding hydrogens is 456 g/mol. The highest BCUT2D eigenvalue weighted by Gasteiger charge is 2.28. The molecule has 1 fully saturated rings. The van der Waals surface area contributed by atoms with E-state index in [2.05, 4.69) is 9.88 Å². The van der Waals surface area contributed by atoms with Crippen molar-refractivity contribution in [2.24, 2.45) is 13.0 Å². The zero-order valence-corrected chi connectivity index (χ0v) is 21.0. The molecule has 1 saturated heterocycles. The van der Waals surface area contributed by atoms with Crippen molar-refractivity contribution >= 4 is 21.2 Å². The molecule has 1 aromatic carbocycles. The first-order chi connectivity index (χ1) is 16.1. The average Bonchev–Trinajstić information content (AvgIpc) is 3.23. The second-order valence-electron chi connectivity index (χ2n) is 9.32. The number of hydrogen-bond donors (Lipinski definition) is 0. The maximum absolute atomic E-state index is 12.9. The van der Waals surface area contributed by atoms with Crippen molar-refractivity contribution in [2.45, 2.75) is 38.8 Å². The molecule has 1 aliphatic heterocycles. The summed E-state index contributed by atoms with van der Waals surface area (Å²) in [5.74, 6) is 0.232. The molecule has 1 aliphatic rings. The van der Waals surface area contributed by atoms with Gasteiger partial charge in [0.1, 0.15) is 0 Å². The number of piperazine rings is 1. The lowest BCUT2D eigenvalue weighted by Gasteiger charge is -2.34. The summed E-state index contributed by atoms with van der Waals surface area (Å²) < 4.78 is 31.9. The molecule has 11 heteroatoms. The van der Waals surface area contributed by atoms with Crippen molar-refractivity contribution < 1.29 is 8.42 Å². The smallest absolute Gasteiger partial charge is 0.323 e. The fraction of sp³-hybridized carbons (Fsp3) is 0.522. The normalized spacial score (nSPS) is 16.0. The molecule has 4 rings (SSSR count). The van der Waals surface area contributed by atoms with Crippen LogP contribution in [0.2, 0.25) is 0 Å². The minimum Gasteiger partial charge on any atom is -0.323 e. The molecule has 2 aromatic heterocycles. The van der Waals surface area contributed by atoms with E-state index in [1.165, 1.54) is 11.4 Å². The maximum atomic E-state index is 12.9. The van der Waals surface area contributed by atoms with E-state index in [4.69, 9.17) is 0 Å². The van der Waals surface area contributed by atoms with Crippen LogP contribution in [-0.4, -0.2) is 69.0 Å². The summed E-state index contributed by atoms with van der Waals surface area (Å²) >= 11 is 0. The Kier molecular flexibility index (Phi) is 6.79. The quantitative estimate of drug-likeness (QED) is 0.489. The van der Waals surface area contributed by atoms with Gasteiger partial charge in [-0.05, 0) is 25.0 Å². The van der Waals surface area contributed by atoms with Crippen molar-refractivity contribution in [2.75, 3.05) is 32.7 Å². The first-order valence-corrected chi connectivity index (χ1v) is 13.0. The highest BCUT2D eigenvalue weighted by Crippen LogP contribution is 2.18. The Hall–Kier alpha value is -2.76. The van der Waals surface area contributed by atoms with Crippen LogP contribution in [0, 0.1) is 12.8 Å². The lowest BCUT2D eigenvalue weighted by Crippen LogP contribution is -2.49. The Morgan fingerprint density at radius 1 is 1.00 bits per heavy atom. The fourth-order valence-corrected chi connectivity index (χ4v) is 5.73. The van der Waals surface area contributed by atoms with Gasteiger partial charge in [-0.2, -0.15) is 4.31 Å². The summed E-state index contributed by atoms with van der Waals surface area (Å²) in [6, 6.07) is 6.92. The van der Waals surface area contributed by atoms with E-state index in [1.807, 2.05) is 32.9 Å². The van der Waals surface area contributed by atoms with E-state index in [9.17, 15) is 18.0 Å². The first kappa shape index (κ1) is 24.4. The van der Waals surface area contributed by atoms with Crippen molar-refractivity contribution in [3.63, 3.8) is 0 Å². The summed E-state index contributed by atoms with van der Waals surface area (Å²) in [4.78, 5) is 32.3. The SMILES string of the molecule is Cc1ccc(S(=O)(=O)N2CCN(CCn3cnc4c3c(=O)n(C)c(=O)n4CC(C)C)CC2)cc1. The van der Waals surface area contributed by atoms with Crippen LogP contribution in [0.1, 0.15) is 19.4 Å². The van der Waals surface area contributed by atoms with Gasteiger partial charge in [0.25, 0.3) is 5.56 Å². The molecule has 34 heavy (non-hydrogen) atoms. The number of aryl methyl sites for hydroxylation is 1. The van der Waals surface area contributed by atoms with Crippen LogP contribution in [0.4, 0.5) is 0 Å². The predicted octanol–water partition coefficient (Wildman–Crippen LogP) is 0.868. The molecule has 0 N–H and O–H groups in total. The van der Waals surface area contributed by atoms with Crippen LogP contribution >= 0.6 is 0 Å². The number of benzene rings is 1. The third-order valence-electron chi connectivity index (χ3n) is 6.29. The summed E-state index contributed by atoms with van der Waals surface area (Å²) in [6.07, 6.45) is 1.61. The summed E-state index contributed by atoms with van der Waals surface area (Å²) in [7, 11) is -2.01. The van der Waals surface area contributed by atoms with E-state index in [0.717, 1.165) is 10.1 Å². The third kappa shape index (κ3) is 4.59. The highest BCUT2D eigenvalue weighted by atomic mass is 32.2. The number of fused-ring (bicyclic) bond motifs is 1. The van der Waals surface area contributed by atoms with Crippen LogP contribution in [-0.2, 0) is 30.2 Å². The van der Waals surface area contributed by atoms with Gasteiger partial charge in [0.05, 0.1) is 11.2 Å². The number of nitrogens with zero attached hydrogens (tertiary/aromatic N) is 6. The number of hydrogen-bond acceptors (Lipinski definition) is 6. The summed E-state index contributed by atoms with van der Waals surface area (Å²) in [5, 5.41) is 0. The van der Waals surface area contributed by atoms with Gasteiger partial charge in [-0.3, -0.25) is 18.8 Å². The summed E-state index contributed by atoms with van der Waals surface area (Å²) in [5.41, 5.74) is 1.14. The summed E-state index contributed by atoms with van der Waals surface area (Å²) in [6.45, 7) is 9.65. The van der Waals surface area contributed by atoms with Crippen LogP contribution in [0.3, 0.4) is 0 Å². The van der Waals surface area contributed by atoms with E-state index in [0.29, 0.717) is 61.9 Å². The first-order valence-electron chi connectivity index (χ1n) is 11.5. The molecule has 0 bridgehead atoms. The number of aromatic nitrogens is 4. The van der Waals surface area contributed by atoms with Crippen molar-refractivity contribution in [1.29, 1.82) is 0 Å². The van der Waals surface area contributed by atoms with Crippen LogP contribution in [0.25, 0.3) is 11.2 Å². The molecule has 0 radical (unpaired) electrons. The zero-order valence-electron chi connectivity index (χ0n) is 20.1. The van der Waals surface area contributed by atoms with Gasteiger partial charge < -0.3 is 4.57 Å². The molecule has 3 heterocycles. The second kappa shape index (κ2) is 9.47. The Morgan fingerprint density at radius 3 is 2.26 bits per heavy atom. The lowest BCUT2D eigenvalue weighted by atomic mass is 10.2. The molecule has 184 valence electrons. The molecule has 0 saturated carbocycles. The molecule has 0 aliphatic carbocycles. The Balaban J connectivity index is 1.46. The second-order valence-corrected chi connectivity index (χ2v) is 11.3. The van der Waals surface area contributed by atoms with Crippen LogP contribution in [0.15, 0.2) is 45.1 Å². The Morgan fingerprint density at radius 2 is 1.65 bits per heavy atom. The minimum atomic E-state index is -3.50. The number of sulfonamides is 1. The standard InChI is InChI=1S/C23H32N6O4S/c1-17(2)15-29-21-20(22(30)25(4)23(29)31)27(16-24-21)12-9-26-10-13-28(14-11-26)34(32,33)19-7-5-18(3)6-8-19/h5-8,16-17H,9-15H2,1-4H3. The Bertz CT molecular complexity index is 1390. The number of rotatable bonds is 7. The molecule has 10 nitrogen and oxygen atoms in total. The van der Waals surface area contributed by atoms with Gasteiger partial charge in [-0.15, -0.1) is 0 Å². The minimum absolute atomic E-state index is 0.232. The van der Waals surface area contributed by atoms with Gasteiger partial charge in [0.15, 0.2) is 11.2 Å². The predicted molar refractivity (Wildman–Crippen MR) is 130 cm³/mol. The van der Waals surface area contributed by atoms with Gasteiger partial charge in [0.2, 0.25) is 10.0 Å². The molecular formula is C23H32N6O4S. The maximum Gasteiger partial charge on any atom is 0.332 e. The van der Waals surface area contributed by atoms with Gasteiger partial charge >= 0.3 is 5.69 Å². The molecule has 0 atom stereocenters. The average molecular weight is 489 g/mol. The van der Waals surface area contributed by atoms with Crippen molar-refractivity contribution in [3.05, 3.63) is 57.0 Å². The Labute approximate surface area is 199 Å². The monoisotopic (exact) mass is 488 g/mol. The zero-order chi connectivity index (χ0) is 24.6. The van der Waals surface area contributed by atoms with E-state index in [-0.39, 0.29) is 17.2 Å². The largest absolute Gasteiger partial charge is 0.332 e. The van der Waals surface area contributed by atoms with Crippen LogP contribution < -0.4 is 11.2 Å². The van der Waals surface area contributed by atoms with Crippen molar-refractivity contribution in [1.82, 2.24) is 27.9 Å². The van der Waals surface area contributed by atoms with Gasteiger partial charge in [-0.25, -0.2) is 18.2 Å². The van der Waals surface area contributed by atoms with Gasteiger partial charge in [0, 0.05) is 52.9 Å². The third-order valence-corrected chi connectivity index (χ3v) is 8.21. The van der Waals surface area contributed by atoms with E-state index >= 15 is 0 Å².